The smallest absolute Gasteiger partial charge is 0.0370 e. The molecule has 1 atom stereocenters. The number of nitrogens with zero attached hydrogens (tertiary/aromatic N) is 1. The van der Waals surface area contributed by atoms with Crippen LogP contribution in [0, 0.1) is 0 Å². The zero-order valence-corrected chi connectivity index (χ0v) is 8.74. The highest BCUT2D eigenvalue weighted by Crippen LogP contribution is 2.27. The highest BCUT2D eigenvalue weighted by molar-refractivity contribution is 5.54. The molecule has 0 amide bonds. The Hall–Kier alpha value is -1.18. The summed E-state index contributed by atoms with van der Waals surface area (Å²) in [6.07, 6.45) is 3.90. The molecule has 0 spiro atoms. The van der Waals surface area contributed by atoms with E-state index in [1.54, 1.807) is 0 Å². The van der Waals surface area contributed by atoms with Gasteiger partial charge in [-0.3, -0.25) is 0 Å². The van der Waals surface area contributed by atoms with Crippen LogP contribution in [0.2, 0.25) is 0 Å². The summed E-state index contributed by atoms with van der Waals surface area (Å²) < 4.78 is 0. The lowest BCUT2D eigenvalue weighted by Crippen LogP contribution is -2.28. The van der Waals surface area contributed by atoms with Crippen LogP contribution in [0.15, 0.2) is 24.3 Å². The van der Waals surface area contributed by atoms with Crippen LogP contribution in [0.25, 0.3) is 0 Å². The van der Waals surface area contributed by atoms with Crippen LogP contribution in [-0.4, -0.2) is 12.6 Å². The molecule has 1 aromatic carbocycles. The number of nitrogen functional groups attached to an aromatic ring is 1. The Kier molecular flexibility index (Phi) is 2.62. The van der Waals surface area contributed by atoms with Crippen LogP contribution in [0.4, 0.5) is 11.4 Å². The Morgan fingerprint density at radius 1 is 1.36 bits per heavy atom. The first-order valence-corrected chi connectivity index (χ1v) is 5.43. The lowest BCUT2D eigenvalue weighted by molar-refractivity contribution is 0.645. The Morgan fingerprint density at radius 2 is 2.07 bits per heavy atom. The Balaban J connectivity index is 2.17. The van der Waals surface area contributed by atoms with Crippen molar-refractivity contribution in [3.05, 3.63) is 24.3 Å². The minimum absolute atomic E-state index is 0.735. The number of hydrogen-bond donors (Lipinski definition) is 1. The molecule has 0 radical (unpaired) electrons. The van der Waals surface area contributed by atoms with Gasteiger partial charge in [0.05, 0.1) is 0 Å². The molecular formula is C12H18N2. The second-order valence-corrected chi connectivity index (χ2v) is 3.99. The summed E-state index contributed by atoms with van der Waals surface area (Å²) in [6, 6.07) is 8.96. The highest BCUT2D eigenvalue weighted by Gasteiger charge is 2.22. The van der Waals surface area contributed by atoms with Crippen LogP contribution in [0.5, 0.6) is 0 Å². The molecule has 2 heteroatoms. The molecule has 0 bridgehead atoms. The maximum absolute atomic E-state index is 5.67. The van der Waals surface area contributed by atoms with Crippen molar-refractivity contribution < 1.29 is 0 Å². The van der Waals surface area contributed by atoms with Gasteiger partial charge in [-0.1, -0.05) is 6.92 Å². The molecule has 14 heavy (non-hydrogen) atoms. The average Bonchev–Trinajstić information content (AvgIpc) is 2.67. The molecule has 1 heterocycles. The fourth-order valence-corrected chi connectivity index (χ4v) is 2.27. The normalized spacial score (nSPS) is 21.5. The summed E-state index contributed by atoms with van der Waals surface area (Å²) in [5, 5.41) is 0. The predicted octanol–water partition coefficient (Wildman–Crippen LogP) is 2.65. The van der Waals surface area contributed by atoms with E-state index in [1.165, 1.54) is 31.5 Å². The molecule has 2 nitrogen and oxygen atoms in total. The Bertz CT molecular complexity index is 292. The van der Waals surface area contributed by atoms with Crippen molar-refractivity contribution >= 4 is 11.4 Å². The summed E-state index contributed by atoms with van der Waals surface area (Å²) >= 11 is 0. The number of rotatable bonds is 2. The molecule has 1 saturated heterocycles. The van der Waals surface area contributed by atoms with Gasteiger partial charge in [-0.15, -0.1) is 0 Å². The minimum Gasteiger partial charge on any atom is -0.399 e. The van der Waals surface area contributed by atoms with E-state index in [0.717, 1.165) is 11.7 Å². The monoisotopic (exact) mass is 190 g/mol. The zero-order chi connectivity index (χ0) is 9.97. The molecule has 2 N–H and O–H groups in total. The summed E-state index contributed by atoms with van der Waals surface area (Å²) in [4.78, 5) is 2.50. The lowest BCUT2D eigenvalue weighted by Gasteiger charge is -2.25. The number of hydrogen-bond acceptors (Lipinski definition) is 2. The SMILES string of the molecule is CCC1CCCN1c1ccc(N)cc1. The van der Waals surface area contributed by atoms with Crippen LogP contribution in [0.3, 0.4) is 0 Å². The van der Waals surface area contributed by atoms with Gasteiger partial charge in [0.25, 0.3) is 0 Å². The molecule has 1 aliphatic rings. The standard InChI is InChI=1S/C12H18N2/c1-2-11-4-3-9-14(11)12-7-5-10(13)6-8-12/h5-8,11H,2-4,9,13H2,1H3. The molecule has 1 aliphatic heterocycles. The second kappa shape index (κ2) is 3.91. The topological polar surface area (TPSA) is 29.3 Å². The van der Waals surface area contributed by atoms with E-state index >= 15 is 0 Å². The van der Waals surface area contributed by atoms with Gasteiger partial charge in [0.2, 0.25) is 0 Å². The maximum Gasteiger partial charge on any atom is 0.0370 e. The summed E-state index contributed by atoms with van der Waals surface area (Å²) in [5.41, 5.74) is 7.84. The second-order valence-electron chi connectivity index (χ2n) is 3.99. The Labute approximate surface area is 85.7 Å². The van der Waals surface area contributed by atoms with Crippen molar-refractivity contribution in [3.8, 4) is 0 Å². The van der Waals surface area contributed by atoms with Crippen molar-refractivity contribution in [1.29, 1.82) is 0 Å². The fourth-order valence-electron chi connectivity index (χ4n) is 2.27. The lowest BCUT2D eigenvalue weighted by atomic mass is 10.1. The van der Waals surface area contributed by atoms with Gasteiger partial charge in [-0.05, 0) is 43.5 Å². The van der Waals surface area contributed by atoms with E-state index in [9.17, 15) is 0 Å². The van der Waals surface area contributed by atoms with Gasteiger partial charge in [0.15, 0.2) is 0 Å². The molecule has 2 rings (SSSR count). The quantitative estimate of drug-likeness (QED) is 0.726. The zero-order valence-electron chi connectivity index (χ0n) is 8.74. The van der Waals surface area contributed by atoms with Crippen molar-refractivity contribution in [2.45, 2.75) is 32.2 Å². The van der Waals surface area contributed by atoms with E-state index < -0.39 is 0 Å². The third-order valence-corrected chi connectivity index (χ3v) is 3.07. The van der Waals surface area contributed by atoms with Crippen molar-refractivity contribution in [1.82, 2.24) is 0 Å². The van der Waals surface area contributed by atoms with Gasteiger partial charge in [-0.2, -0.15) is 0 Å². The van der Waals surface area contributed by atoms with E-state index in [0.29, 0.717) is 0 Å². The first-order chi connectivity index (χ1) is 6.81. The molecule has 0 aromatic heterocycles. The van der Waals surface area contributed by atoms with Gasteiger partial charge in [-0.25, -0.2) is 0 Å². The van der Waals surface area contributed by atoms with Crippen LogP contribution in [-0.2, 0) is 0 Å². The molecule has 0 aliphatic carbocycles. The number of anilines is 2. The van der Waals surface area contributed by atoms with E-state index in [4.69, 9.17) is 5.73 Å². The van der Waals surface area contributed by atoms with Gasteiger partial charge in [0, 0.05) is 24.0 Å². The molecule has 1 fully saturated rings. The van der Waals surface area contributed by atoms with Crippen LogP contribution in [0.1, 0.15) is 26.2 Å². The fraction of sp³-hybridized carbons (Fsp3) is 0.500. The molecule has 1 unspecified atom stereocenters. The van der Waals surface area contributed by atoms with Crippen molar-refractivity contribution in [3.63, 3.8) is 0 Å². The van der Waals surface area contributed by atoms with E-state index in [-0.39, 0.29) is 0 Å². The maximum atomic E-state index is 5.67. The number of benzene rings is 1. The van der Waals surface area contributed by atoms with Gasteiger partial charge in [0.1, 0.15) is 0 Å². The van der Waals surface area contributed by atoms with Crippen molar-refractivity contribution in [2.75, 3.05) is 17.2 Å². The van der Waals surface area contributed by atoms with E-state index in [2.05, 4.69) is 24.0 Å². The van der Waals surface area contributed by atoms with Crippen LogP contribution >= 0.6 is 0 Å². The molecular weight excluding hydrogens is 172 g/mol. The van der Waals surface area contributed by atoms with Crippen LogP contribution < -0.4 is 10.6 Å². The Morgan fingerprint density at radius 3 is 2.71 bits per heavy atom. The minimum atomic E-state index is 0.735. The third kappa shape index (κ3) is 1.69. The number of nitrogens with two attached hydrogens (primary N) is 1. The first-order valence-electron chi connectivity index (χ1n) is 5.43. The van der Waals surface area contributed by atoms with Gasteiger partial charge >= 0.3 is 0 Å². The molecule has 1 aromatic rings. The summed E-state index contributed by atoms with van der Waals surface area (Å²) in [6.45, 7) is 3.46. The third-order valence-electron chi connectivity index (χ3n) is 3.07. The largest absolute Gasteiger partial charge is 0.399 e. The van der Waals surface area contributed by atoms with E-state index in [1.807, 2.05) is 12.1 Å². The van der Waals surface area contributed by atoms with Crippen molar-refractivity contribution in [2.24, 2.45) is 0 Å². The summed E-state index contributed by atoms with van der Waals surface area (Å²) in [7, 11) is 0. The predicted molar refractivity (Wildman–Crippen MR) is 61.5 cm³/mol. The first kappa shape index (κ1) is 9.38. The highest BCUT2D eigenvalue weighted by atomic mass is 15.2. The summed E-state index contributed by atoms with van der Waals surface area (Å²) in [5.74, 6) is 0. The average molecular weight is 190 g/mol. The molecule has 76 valence electrons. The van der Waals surface area contributed by atoms with Gasteiger partial charge < -0.3 is 10.6 Å². The molecule has 0 saturated carbocycles.